The fraction of sp³-hybridized carbons (Fsp3) is 0.360. The highest BCUT2D eigenvalue weighted by Crippen LogP contribution is 2.20. The van der Waals surface area contributed by atoms with E-state index in [9.17, 15) is 9.59 Å². The zero-order valence-electron chi connectivity index (χ0n) is 17.8. The van der Waals surface area contributed by atoms with Gasteiger partial charge in [-0.3, -0.25) is 4.79 Å². The molecule has 2 aromatic carbocycles. The van der Waals surface area contributed by atoms with E-state index in [-0.39, 0.29) is 11.9 Å². The minimum atomic E-state index is -0.0454. The largest absolute Gasteiger partial charge is 0.361 e. The summed E-state index contributed by atoms with van der Waals surface area (Å²) in [6.45, 7) is 1.64. The van der Waals surface area contributed by atoms with Gasteiger partial charge in [-0.25, -0.2) is 4.79 Å². The van der Waals surface area contributed by atoms with Crippen molar-refractivity contribution in [3.63, 3.8) is 0 Å². The van der Waals surface area contributed by atoms with Crippen LogP contribution in [-0.4, -0.2) is 34.9 Å². The van der Waals surface area contributed by atoms with Gasteiger partial charge < -0.3 is 20.5 Å². The molecule has 0 aliphatic carbocycles. The Kier molecular flexibility index (Phi) is 6.87. The zero-order chi connectivity index (χ0) is 21.5. The predicted molar refractivity (Wildman–Crippen MR) is 125 cm³/mol. The van der Waals surface area contributed by atoms with Crippen LogP contribution in [0.25, 0.3) is 10.9 Å². The summed E-state index contributed by atoms with van der Waals surface area (Å²) in [5.74, 6) is 0.00111. The molecule has 1 aliphatic heterocycles. The van der Waals surface area contributed by atoms with Crippen molar-refractivity contribution >= 4 is 34.2 Å². The summed E-state index contributed by atoms with van der Waals surface area (Å²) in [5.41, 5.74) is 3.86. The van der Waals surface area contributed by atoms with Gasteiger partial charge in [0.05, 0.1) is 0 Å². The minimum absolute atomic E-state index is 0.00111. The fourth-order valence-electron chi connectivity index (χ4n) is 4.11. The van der Waals surface area contributed by atoms with E-state index < -0.39 is 0 Å². The molecule has 0 radical (unpaired) electrons. The molecule has 3 aromatic rings. The molecule has 0 atom stereocenters. The van der Waals surface area contributed by atoms with Gasteiger partial charge in [0.1, 0.15) is 0 Å². The van der Waals surface area contributed by atoms with Crippen molar-refractivity contribution in [3.05, 3.63) is 60.3 Å². The number of rotatable bonds is 6. The lowest BCUT2D eigenvalue weighted by Gasteiger charge is -2.20. The first-order valence-corrected chi connectivity index (χ1v) is 11.2. The molecule has 1 saturated heterocycles. The van der Waals surface area contributed by atoms with E-state index in [0.717, 1.165) is 55.7 Å². The number of H-pyrrole nitrogens is 1. The lowest BCUT2D eigenvalue weighted by molar-refractivity contribution is -0.116. The number of nitrogens with one attached hydrogen (secondary N) is 3. The number of aromatic nitrogens is 1. The molecule has 1 fully saturated rings. The van der Waals surface area contributed by atoms with Gasteiger partial charge in [0.2, 0.25) is 5.91 Å². The van der Waals surface area contributed by atoms with Crippen LogP contribution in [0.3, 0.4) is 0 Å². The Labute approximate surface area is 183 Å². The molecule has 6 heteroatoms. The first-order valence-electron chi connectivity index (χ1n) is 11.2. The highest BCUT2D eigenvalue weighted by Gasteiger charge is 2.15. The third-order valence-electron chi connectivity index (χ3n) is 5.84. The van der Waals surface area contributed by atoms with Gasteiger partial charge >= 0.3 is 6.03 Å². The van der Waals surface area contributed by atoms with Crippen molar-refractivity contribution in [1.29, 1.82) is 0 Å². The van der Waals surface area contributed by atoms with Gasteiger partial charge in [-0.2, -0.15) is 0 Å². The second kappa shape index (κ2) is 10.2. The van der Waals surface area contributed by atoms with Crippen LogP contribution in [0, 0.1) is 0 Å². The van der Waals surface area contributed by atoms with Crippen LogP contribution in [-0.2, 0) is 11.2 Å². The Balaban J connectivity index is 1.22. The number of anilines is 2. The molecule has 0 bridgehead atoms. The van der Waals surface area contributed by atoms with Crippen molar-refractivity contribution in [3.8, 4) is 0 Å². The lowest BCUT2D eigenvalue weighted by Crippen LogP contribution is -2.35. The maximum atomic E-state index is 12.4. The van der Waals surface area contributed by atoms with Gasteiger partial charge in [0, 0.05) is 48.0 Å². The summed E-state index contributed by atoms with van der Waals surface area (Å²) in [4.78, 5) is 29.9. The number of carbonyl (C=O) groups is 2. The monoisotopic (exact) mass is 418 g/mol. The topological polar surface area (TPSA) is 77.2 Å². The number of aryl methyl sites for hydroxylation is 1. The average Bonchev–Trinajstić information content (AvgIpc) is 2.99. The third kappa shape index (κ3) is 5.66. The van der Waals surface area contributed by atoms with Crippen molar-refractivity contribution < 1.29 is 9.59 Å². The smallest absolute Gasteiger partial charge is 0.321 e. The lowest BCUT2D eigenvalue weighted by atomic mass is 10.1. The van der Waals surface area contributed by atoms with Crippen LogP contribution < -0.4 is 10.6 Å². The quantitative estimate of drug-likeness (QED) is 0.492. The zero-order valence-corrected chi connectivity index (χ0v) is 17.8. The number of fused-ring (bicyclic) bond motifs is 1. The summed E-state index contributed by atoms with van der Waals surface area (Å²) in [6, 6.07) is 15.5. The van der Waals surface area contributed by atoms with Gasteiger partial charge in [0.25, 0.3) is 0 Å². The summed E-state index contributed by atoms with van der Waals surface area (Å²) >= 11 is 0. The molecule has 0 saturated carbocycles. The number of amides is 3. The molecule has 1 aliphatic rings. The van der Waals surface area contributed by atoms with Crippen LogP contribution in [0.4, 0.5) is 16.2 Å². The predicted octanol–water partition coefficient (Wildman–Crippen LogP) is 5.54. The van der Waals surface area contributed by atoms with Crippen LogP contribution in [0.2, 0.25) is 0 Å². The van der Waals surface area contributed by atoms with Gasteiger partial charge in [-0.05, 0) is 61.6 Å². The van der Waals surface area contributed by atoms with Crippen LogP contribution in [0.1, 0.15) is 44.1 Å². The van der Waals surface area contributed by atoms with Crippen LogP contribution in [0.5, 0.6) is 0 Å². The normalized spacial score (nSPS) is 14.3. The molecule has 0 unspecified atom stereocenters. The maximum absolute atomic E-state index is 12.4. The van der Waals surface area contributed by atoms with Crippen molar-refractivity contribution in [2.45, 2.75) is 44.9 Å². The summed E-state index contributed by atoms with van der Waals surface area (Å²) in [5, 5.41) is 7.12. The number of urea groups is 1. The van der Waals surface area contributed by atoms with Crippen molar-refractivity contribution in [2.24, 2.45) is 0 Å². The van der Waals surface area contributed by atoms with Gasteiger partial charge in [-0.1, -0.05) is 31.0 Å². The number of hydrogen-bond donors (Lipinski definition) is 3. The molecule has 0 spiro atoms. The second-order valence-electron chi connectivity index (χ2n) is 8.17. The molecule has 1 aromatic heterocycles. The maximum Gasteiger partial charge on any atom is 0.321 e. The second-order valence-corrected chi connectivity index (χ2v) is 8.17. The van der Waals surface area contributed by atoms with Crippen molar-refractivity contribution in [1.82, 2.24) is 9.88 Å². The highest BCUT2D eigenvalue weighted by atomic mass is 16.2. The first-order chi connectivity index (χ1) is 15.2. The molecule has 2 heterocycles. The van der Waals surface area contributed by atoms with Gasteiger partial charge in [0.15, 0.2) is 0 Å². The molecule has 6 nitrogen and oxygen atoms in total. The Bertz CT molecular complexity index is 1020. The number of aromatic amines is 1. The standard InChI is InChI=1S/C25H30N4O2/c30-24(11-7-8-19-18-26-23-10-4-3-9-22(19)23)27-20-12-14-21(15-13-20)28-25(31)29-16-5-1-2-6-17-29/h3-4,9-10,12-15,18,26H,1-2,5-8,11,16-17H2,(H,27,30)(H,28,31). The van der Waals surface area contributed by atoms with Crippen LogP contribution in [0.15, 0.2) is 54.7 Å². The molecule has 3 N–H and O–H groups in total. The van der Waals surface area contributed by atoms with E-state index in [2.05, 4.69) is 27.8 Å². The fourth-order valence-corrected chi connectivity index (χ4v) is 4.11. The molecule has 4 rings (SSSR count). The minimum Gasteiger partial charge on any atom is -0.361 e. The molecule has 31 heavy (non-hydrogen) atoms. The summed E-state index contributed by atoms with van der Waals surface area (Å²) in [6.07, 6.45) is 8.67. The SMILES string of the molecule is O=C(CCCc1c[nH]c2ccccc12)Nc1ccc(NC(=O)N2CCCCCC2)cc1. The van der Waals surface area contributed by atoms with E-state index >= 15 is 0 Å². The Hall–Kier alpha value is -3.28. The molecule has 3 amide bonds. The van der Waals surface area contributed by atoms with E-state index in [0.29, 0.717) is 6.42 Å². The highest BCUT2D eigenvalue weighted by molar-refractivity contribution is 5.92. The van der Waals surface area contributed by atoms with E-state index in [1.807, 2.05) is 47.5 Å². The number of likely N-dealkylation sites (tertiary alicyclic amines) is 1. The number of carbonyl (C=O) groups excluding carboxylic acids is 2. The Morgan fingerprint density at radius 1 is 0.871 bits per heavy atom. The van der Waals surface area contributed by atoms with E-state index in [1.165, 1.54) is 23.8 Å². The number of para-hydroxylation sites is 1. The summed E-state index contributed by atoms with van der Waals surface area (Å²) in [7, 11) is 0. The first kappa shape index (κ1) is 21.0. The van der Waals surface area contributed by atoms with E-state index in [1.54, 1.807) is 0 Å². The Morgan fingerprint density at radius 3 is 2.29 bits per heavy atom. The average molecular weight is 419 g/mol. The van der Waals surface area contributed by atoms with Crippen LogP contribution >= 0.6 is 0 Å². The molecular formula is C25H30N4O2. The molecular weight excluding hydrogens is 388 g/mol. The number of hydrogen-bond acceptors (Lipinski definition) is 2. The number of benzene rings is 2. The van der Waals surface area contributed by atoms with E-state index in [4.69, 9.17) is 0 Å². The Morgan fingerprint density at radius 2 is 1.55 bits per heavy atom. The number of nitrogens with zero attached hydrogens (tertiary/aromatic N) is 1. The van der Waals surface area contributed by atoms with Gasteiger partial charge in [-0.15, -0.1) is 0 Å². The third-order valence-corrected chi connectivity index (χ3v) is 5.84. The van der Waals surface area contributed by atoms with Crippen molar-refractivity contribution in [2.75, 3.05) is 23.7 Å². The molecule has 162 valence electrons. The summed E-state index contributed by atoms with van der Waals surface area (Å²) < 4.78 is 0.